The summed E-state index contributed by atoms with van der Waals surface area (Å²) in [6.07, 6.45) is 1.82. The van der Waals surface area contributed by atoms with Crippen molar-refractivity contribution >= 4 is 5.69 Å². The topological polar surface area (TPSA) is 52.9 Å². The molecule has 0 radical (unpaired) electrons. The van der Waals surface area contributed by atoms with Crippen molar-refractivity contribution in [2.45, 2.75) is 53.6 Å². The van der Waals surface area contributed by atoms with Crippen LogP contribution in [-0.2, 0) is 19.5 Å². The Morgan fingerprint density at radius 1 is 1.25 bits per heavy atom. The molecule has 0 aliphatic carbocycles. The molecule has 0 atom stereocenters. The van der Waals surface area contributed by atoms with Crippen LogP contribution in [0.25, 0.3) is 0 Å². The van der Waals surface area contributed by atoms with E-state index in [0.717, 1.165) is 31.6 Å². The molecule has 0 unspecified atom stereocenters. The van der Waals surface area contributed by atoms with Gasteiger partial charge in [-0.2, -0.15) is 0 Å². The number of nitrogens with two attached hydrogens (primary N) is 1. The molecule has 0 aliphatic heterocycles. The zero-order chi connectivity index (χ0) is 12.3. The van der Waals surface area contributed by atoms with E-state index in [0.29, 0.717) is 11.6 Å². The minimum absolute atomic E-state index is 0.0284. The molecule has 1 heterocycles. The Morgan fingerprint density at radius 2 is 1.88 bits per heavy atom. The Labute approximate surface area is 97.0 Å². The van der Waals surface area contributed by atoms with Gasteiger partial charge in [0.15, 0.2) is 0 Å². The molecule has 1 aromatic heterocycles. The highest BCUT2D eigenvalue weighted by molar-refractivity contribution is 5.41. The maximum atomic E-state index is 12.0. The largest absolute Gasteiger partial charge is 0.393 e. The minimum Gasteiger partial charge on any atom is -0.393 e. The van der Waals surface area contributed by atoms with Crippen molar-refractivity contribution < 1.29 is 0 Å². The minimum atomic E-state index is -0.0284. The number of nitrogens with zero attached hydrogens (tertiary/aromatic N) is 2. The van der Waals surface area contributed by atoms with E-state index in [-0.39, 0.29) is 5.56 Å². The molecular weight excluding hydrogens is 202 g/mol. The van der Waals surface area contributed by atoms with Crippen molar-refractivity contribution in [3.63, 3.8) is 0 Å². The first-order chi connectivity index (χ1) is 7.52. The fraction of sp³-hybridized carbons (Fsp3) is 0.750. The molecule has 92 valence electrons. The van der Waals surface area contributed by atoms with Crippen LogP contribution >= 0.6 is 0 Å². The second-order valence-corrected chi connectivity index (χ2v) is 4.60. The molecule has 0 spiro atoms. The fourth-order valence-electron chi connectivity index (χ4n) is 2.05. The Kier molecular flexibility index (Phi) is 4.21. The number of rotatable bonds is 5. The maximum Gasteiger partial charge on any atom is 0.290 e. The molecule has 4 nitrogen and oxygen atoms in total. The maximum absolute atomic E-state index is 12.0. The van der Waals surface area contributed by atoms with Crippen LogP contribution in [0.2, 0.25) is 0 Å². The average Bonchev–Trinajstić information content (AvgIpc) is 2.44. The summed E-state index contributed by atoms with van der Waals surface area (Å²) in [4.78, 5) is 12.0. The van der Waals surface area contributed by atoms with Crippen LogP contribution in [0.3, 0.4) is 0 Å². The number of hydrogen-bond donors (Lipinski definition) is 1. The van der Waals surface area contributed by atoms with Crippen molar-refractivity contribution in [2.24, 2.45) is 5.92 Å². The Hall–Kier alpha value is -1.19. The van der Waals surface area contributed by atoms with Crippen molar-refractivity contribution in [2.75, 3.05) is 5.73 Å². The lowest BCUT2D eigenvalue weighted by atomic mass is 10.1. The summed E-state index contributed by atoms with van der Waals surface area (Å²) in [6, 6.07) is 0. The Bertz CT molecular complexity index is 401. The van der Waals surface area contributed by atoms with Crippen LogP contribution in [0.15, 0.2) is 4.79 Å². The van der Waals surface area contributed by atoms with Gasteiger partial charge in [-0.1, -0.05) is 20.8 Å². The fourth-order valence-corrected chi connectivity index (χ4v) is 2.05. The van der Waals surface area contributed by atoms with Crippen molar-refractivity contribution in [3.05, 3.63) is 16.0 Å². The summed E-state index contributed by atoms with van der Waals surface area (Å²) in [5, 5.41) is 0. The highest BCUT2D eigenvalue weighted by Gasteiger charge is 2.16. The lowest BCUT2D eigenvalue weighted by molar-refractivity contribution is 0.432. The van der Waals surface area contributed by atoms with E-state index in [9.17, 15) is 4.79 Å². The summed E-state index contributed by atoms with van der Waals surface area (Å²) in [7, 11) is 0. The zero-order valence-electron chi connectivity index (χ0n) is 10.8. The van der Waals surface area contributed by atoms with Crippen LogP contribution in [-0.4, -0.2) is 9.36 Å². The highest BCUT2D eigenvalue weighted by Crippen LogP contribution is 2.14. The molecule has 0 fully saturated rings. The van der Waals surface area contributed by atoms with Crippen molar-refractivity contribution in [1.29, 1.82) is 0 Å². The lowest BCUT2D eigenvalue weighted by Crippen LogP contribution is -2.23. The zero-order valence-corrected chi connectivity index (χ0v) is 10.8. The SMILES string of the molecule is CCCn1c(=O)c(N)c(CC(C)C)n1CC. The van der Waals surface area contributed by atoms with E-state index in [4.69, 9.17) is 5.73 Å². The van der Waals surface area contributed by atoms with Gasteiger partial charge in [-0.3, -0.25) is 9.48 Å². The van der Waals surface area contributed by atoms with E-state index in [2.05, 4.69) is 27.7 Å². The monoisotopic (exact) mass is 225 g/mol. The van der Waals surface area contributed by atoms with E-state index >= 15 is 0 Å². The van der Waals surface area contributed by atoms with E-state index < -0.39 is 0 Å². The first-order valence-electron chi connectivity index (χ1n) is 6.10. The quantitative estimate of drug-likeness (QED) is 0.831. The molecule has 2 N–H and O–H groups in total. The average molecular weight is 225 g/mol. The second kappa shape index (κ2) is 5.23. The summed E-state index contributed by atoms with van der Waals surface area (Å²) in [5.74, 6) is 0.511. The predicted octanol–water partition coefficient (Wildman–Crippen LogP) is 1.86. The van der Waals surface area contributed by atoms with Gasteiger partial charge in [0.2, 0.25) is 0 Å². The first kappa shape index (κ1) is 12.9. The van der Waals surface area contributed by atoms with Crippen LogP contribution in [0.1, 0.15) is 39.8 Å². The van der Waals surface area contributed by atoms with Gasteiger partial charge in [-0.15, -0.1) is 0 Å². The van der Waals surface area contributed by atoms with Gasteiger partial charge in [0.25, 0.3) is 5.56 Å². The van der Waals surface area contributed by atoms with Crippen molar-refractivity contribution in [3.8, 4) is 0 Å². The normalized spacial score (nSPS) is 11.3. The molecule has 4 heteroatoms. The second-order valence-electron chi connectivity index (χ2n) is 4.60. The summed E-state index contributed by atoms with van der Waals surface area (Å²) >= 11 is 0. The van der Waals surface area contributed by atoms with Gasteiger partial charge < -0.3 is 5.73 Å². The molecule has 0 saturated carbocycles. The molecule has 0 aliphatic rings. The molecule has 0 saturated heterocycles. The van der Waals surface area contributed by atoms with E-state index in [1.165, 1.54) is 0 Å². The molecule has 0 aromatic carbocycles. The molecule has 16 heavy (non-hydrogen) atoms. The van der Waals surface area contributed by atoms with Gasteiger partial charge in [-0.25, -0.2) is 4.68 Å². The lowest BCUT2D eigenvalue weighted by Gasteiger charge is -2.13. The Balaban J connectivity index is 3.26. The molecule has 1 aromatic rings. The number of anilines is 1. The molecule has 1 rings (SSSR count). The summed E-state index contributed by atoms with van der Waals surface area (Å²) in [5.41, 5.74) is 7.31. The molecule has 0 amide bonds. The predicted molar refractivity (Wildman–Crippen MR) is 67.6 cm³/mol. The number of aromatic nitrogens is 2. The molecular formula is C12H23N3O. The van der Waals surface area contributed by atoms with Crippen LogP contribution in [0, 0.1) is 5.92 Å². The first-order valence-corrected chi connectivity index (χ1v) is 6.10. The van der Waals surface area contributed by atoms with Crippen LogP contribution < -0.4 is 11.3 Å². The third-order valence-electron chi connectivity index (χ3n) is 2.72. The molecule has 0 bridgehead atoms. The van der Waals surface area contributed by atoms with Crippen LogP contribution in [0.4, 0.5) is 5.69 Å². The van der Waals surface area contributed by atoms with Gasteiger partial charge in [-0.05, 0) is 25.7 Å². The van der Waals surface area contributed by atoms with E-state index in [1.54, 1.807) is 4.68 Å². The summed E-state index contributed by atoms with van der Waals surface area (Å²) in [6.45, 7) is 9.94. The van der Waals surface area contributed by atoms with Gasteiger partial charge in [0.05, 0.1) is 5.69 Å². The van der Waals surface area contributed by atoms with Gasteiger partial charge in [0, 0.05) is 13.1 Å². The number of nitrogen functional groups attached to an aromatic ring is 1. The number of hydrogen-bond acceptors (Lipinski definition) is 2. The summed E-state index contributed by atoms with van der Waals surface area (Å²) < 4.78 is 3.80. The van der Waals surface area contributed by atoms with Crippen molar-refractivity contribution in [1.82, 2.24) is 9.36 Å². The third kappa shape index (κ3) is 2.31. The smallest absolute Gasteiger partial charge is 0.290 e. The standard InChI is InChI=1S/C12H23N3O/c1-5-7-15-12(16)11(13)10(8-9(3)4)14(15)6-2/h9H,5-8,13H2,1-4H3. The van der Waals surface area contributed by atoms with E-state index in [1.807, 2.05) is 4.68 Å². The Morgan fingerprint density at radius 3 is 2.31 bits per heavy atom. The third-order valence-corrected chi connectivity index (χ3v) is 2.72. The van der Waals surface area contributed by atoms with Crippen LogP contribution in [0.5, 0.6) is 0 Å². The van der Waals surface area contributed by atoms with Gasteiger partial charge >= 0.3 is 0 Å². The highest BCUT2D eigenvalue weighted by atomic mass is 16.1. The van der Waals surface area contributed by atoms with Gasteiger partial charge in [0.1, 0.15) is 5.69 Å².